The molecule has 0 fully saturated rings. The molecular formula is C15H15F3O3. The van der Waals surface area contributed by atoms with E-state index >= 15 is 0 Å². The van der Waals surface area contributed by atoms with Gasteiger partial charge in [-0.05, 0) is 30.7 Å². The smallest absolute Gasteiger partial charge is 0.416 e. The van der Waals surface area contributed by atoms with Gasteiger partial charge in [-0.1, -0.05) is 19.1 Å². The molecule has 0 N–H and O–H groups in total. The maximum Gasteiger partial charge on any atom is 0.416 e. The lowest BCUT2D eigenvalue weighted by molar-refractivity contribution is -0.140. The van der Waals surface area contributed by atoms with Gasteiger partial charge in [-0.3, -0.25) is 4.79 Å². The van der Waals surface area contributed by atoms with Crippen LogP contribution in [0.15, 0.2) is 29.8 Å². The van der Waals surface area contributed by atoms with Crippen molar-refractivity contribution in [1.82, 2.24) is 0 Å². The first-order valence-corrected chi connectivity index (χ1v) is 6.38. The van der Waals surface area contributed by atoms with Crippen LogP contribution in [-0.4, -0.2) is 18.4 Å². The van der Waals surface area contributed by atoms with Gasteiger partial charge in [0.1, 0.15) is 5.57 Å². The zero-order valence-electron chi connectivity index (χ0n) is 11.7. The van der Waals surface area contributed by atoms with Crippen LogP contribution in [0.1, 0.15) is 31.4 Å². The van der Waals surface area contributed by atoms with Crippen molar-refractivity contribution in [1.29, 1.82) is 0 Å². The molecule has 6 heteroatoms. The van der Waals surface area contributed by atoms with E-state index in [-0.39, 0.29) is 24.2 Å². The van der Waals surface area contributed by atoms with E-state index in [2.05, 4.69) is 0 Å². The highest BCUT2D eigenvalue weighted by molar-refractivity contribution is 6.20. The fraction of sp³-hybridized carbons (Fsp3) is 0.333. The second-order valence-corrected chi connectivity index (χ2v) is 4.18. The van der Waals surface area contributed by atoms with Gasteiger partial charge in [-0.15, -0.1) is 0 Å². The first kappa shape index (κ1) is 16.9. The standard InChI is InChI=1S/C15H15F3O3/c1-3-13(19)12(14(20)21-4-2)9-10-6-5-7-11(8-10)15(16,17)18/h5-9H,3-4H2,1-2H3/b12-9+. The van der Waals surface area contributed by atoms with Crippen LogP contribution in [-0.2, 0) is 20.5 Å². The molecule has 1 rings (SSSR count). The number of halogens is 3. The first-order valence-electron chi connectivity index (χ1n) is 6.38. The van der Waals surface area contributed by atoms with Gasteiger partial charge in [0.15, 0.2) is 5.78 Å². The predicted molar refractivity (Wildman–Crippen MR) is 71.4 cm³/mol. The van der Waals surface area contributed by atoms with Gasteiger partial charge in [0, 0.05) is 6.42 Å². The summed E-state index contributed by atoms with van der Waals surface area (Å²) in [6, 6.07) is 4.40. The number of hydrogen-bond donors (Lipinski definition) is 0. The number of hydrogen-bond acceptors (Lipinski definition) is 3. The van der Waals surface area contributed by atoms with E-state index in [9.17, 15) is 22.8 Å². The van der Waals surface area contributed by atoms with Crippen LogP contribution in [0.3, 0.4) is 0 Å². The average molecular weight is 300 g/mol. The second kappa shape index (κ2) is 7.06. The molecule has 0 heterocycles. The number of alkyl halides is 3. The lowest BCUT2D eigenvalue weighted by atomic mass is 10.0. The Balaban J connectivity index is 3.22. The van der Waals surface area contributed by atoms with Crippen molar-refractivity contribution in [2.75, 3.05) is 6.61 Å². The van der Waals surface area contributed by atoms with Gasteiger partial charge in [0.2, 0.25) is 0 Å². The Bertz CT molecular complexity index is 560. The molecule has 0 aliphatic rings. The van der Waals surface area contributed by atoms with Gasteiger partial charge >= 0.3 is 12.1 Å². The van der Waals surface area contributed by atoms with Crippen LogP contribution >= 0.6 is 0 Å². The Labute approximate surface area is 120 Å². The molecule has 0 unspecified atom stereocenters. The minimum atomic E-state index is -4.48. The minimum Gasteiger partial charge on any atom is -0.462 e. The molecule has 21 heavy (non-hydrogen) atoms. The summed E-state index contributed by atoms with van der Waals surface area (Å²) in [4.78, 5) is 23.4. The van der Waals surface area contributed by atoms with Gasteiger partial charge < -0.3 is 4.74 Å². The average Bonchev–Trinajstić information content (AvgIpc) is 2.43. The fourth-order valence-corrected chi connectivity index (χ4v) is 1.62. The molecule has 0 saturated heterocycles. The third kappa shape index (κ3) is 4.73. The number of esters is 1. The summed E-state index contributed by atoms with van der Waals surface area (Å²) in [5.41, 5.74) is -0.975. The van der Waals surface area contributed by atoms with E-state index in [0.717, 1.165) is 18.2 Å². The number of rotatable bonds is 5. The highest BCUT2D eigenvalue weighted by Gasteiger charge is 2.30. The number of ketones is 1. The molecule has 114 valence electrons. The van der Waals surface area contributed by atoms with E-state index < -0.39 is 23.5 Å². The SMILES string of the molecule is CCOC(=O)/C(=C/c1cccc(C(F)(F)F)c1)C(=O)CC. The number of ether oxygens (including phenoxy) is 1. The molecule has 0 amide bonds. The highest BCUT2D eigenvalue weighted by atomic mass is 19.4. The van der Waals surface area contributed by atoms with Crippen LogP contribution in [0.2, 0.25) is 0 Å². The summed E-state index contributed by atoms with van der Waals surface area (Å²) in [5.74, 6) is -1.31. The number of carbonyl (C=O) groups excluding carboxylic acids is 2. The molecule has 1 aromatic carbocycles. The maximum atomic E-state index is 12.6. The predicted octanol–water partition coefficient (Wildman–Crippen LogP) is 3.63. The summed E-state index contributed by atoms with van der Waals surface area (Å²) >= 11 is 0. The lowest BCUT2D eigenvalue weighted by Gasteiger charge is -2.08. The van der Waals surface area contributed by atoms with E-state index in [1.807, 2.05) is 0 Å². The molecule has 1 aromatic rings. The Morgan fingerprint density at radius 3 is 2.43 bits per heavy atom. The molecule has 0 bridgehead atoms. The van der Waals surface area contributed by atoms with E-state index in [1.165, 1.54) is 12.1 Å². The van der Waals surface area contributed by atoms with Crippen molar-refractivity contribution in [2.24, 2.45) is 0 Å². The molecule has 3 nitrogen and oxygen atoms in total. The quantitative estimate of drug-likeness (QED) is 0.361. The summed E-state index contributed by atoms with van der Waals surface area (Å²) in [6.07, 6.45) is -3.30. The van der Waals surface area contributed by atoms with Crippen LogP contribution in [0.4, 0.5) is 13.2 Å². The molecule has 0 spiro atoms. The summed E-state index contributed by atoms with van der Waals surface area (Å²) in [6.45, 7) is 3.22. The van der Waals surface area contributed by atoms with Crippen molar-refractivity contribution in [2.45, 2.75) is 26.4 Å². The molecule has 0 saturated carbocycles. The minimum absolute atomic E-state index is 0.0591. The van der Waals surface area contributed by atoms with Crippen molar-refractivity contribution in [3.8, 4) is 0 Å². The summed E-state index contributed by atoms with van der Waals surface area (Å²) in [7, 11) is 0. The third-order valence-corrected chi connectivity index (χ3v) is 2.64. The van der Waals surface area contributed by atoms with E-state index in [0.29, 0.717) is 0 Å². The molecule has 0 aliphatic heterocycles. The Kier molecular flexibility index (Phi) is 5.69. The zero-order valence-corrected chi connectivity index (χ0v) is 11.7. The largest absolute Gasteiger partial charge is 0.462 e. The Morgan fingerprint density at radius 1 is 1.24 bits per heavy atom. The molecule has 0 aromatic heterocycles. The van der Waals surface area contributed by atoms with Crippen molar-refractivity contribution in [3.63, 3.8) is 0 Å². The fourth-order valence-electron chi connectivity index (χ4n) is 1.62. The van der Waals surface area contributed by atoms with Gasteiger partial charge in [0.05, 0.1) is 12.2 Å². The van der Waals surface area contributed by atoms with Crippen LogP contribution in [0.25, 0.3) is 6.08 Å². The first-order chi connectivity index (χ1) is 9.79. The van der Waals surface area contributed by atoms with Gasteiger partial charge in [-0.2, -0.15) is 13.2 Å². The van der Waals surface area contributed by atoms with E-state index in [1.54, 1.807) is 13.8 Å². The van der Waals surface area contributed by atoms with Crippen molar-refractivity contribution >= 4 is 17.8 Å². The molecule has 0 radical (unpaired) electrons. The molecule has 0 aliphatic carbocycles. The van der Waals surface area contributed by atoms with Crippen LogP contribution in [0, 0.1) is 0 Å². The lowest BCUT2D eigenvalue weighted by Crippen LogP contribution is -2.15. The number of Topliss-reactive ketones (excluding diaryl/α,β-unsaturated/α-hetero) is 1. The number of benzene rings is 1. The molecular weight excluding hydrogens is 285 g/mol. The second-order valence-electron chi connectivity index (χ2n) is 4.18. The highest BCUT2D eigenvalue weighted by Crippen LogP contribution is 2.30. The van der Waals surface area contributed by atoms with Crippen LogP contribution < -0.4 is 0 Å². The monoisotopic (exact) mass is 300 g/mol. The van der Waals surface area contributed by atoms with Crippen molar-refractivity contribution < 1.29 is 27.5 Å². The molecule has 0 atom stereocenters. The van der Waals surface area contributed by atoms with E-state index in [4.69, 9.17) is 4.74 Å². The summed E-state index contributed by atoms with van der Waals surface area (Å²) in [5, 5.41) is 0. The van der Waals surface area contributed by atoms with Gasteiger partial charge in [0.25, 0.3) is 0 Å². The van der Waals surface area contributed by atoms with Gasteiger partial charge in [-0.25, -0.2) is 4.79 Å². The third-order valence-electron chi connectivity index (χ3n) is 2.64. The maximum absolute atomic E-state index is 12.6. The van der Waals surface area contributed by atoms with Crippen LogP contribution in [0.5, 0.6) is 0 Å². The Hall–Kier alpha value is -2.11. The normalized spacial score (nSPS) is 12.1. The van der Waals surface area contributed by atoms with Crippen molar-refractivity contribution in [3.05, 3.63) is 41.0 Å². The number of carbonyl (C=O) groups is 2. The zero-order chi connectivity index (χ0) is 16.0. The topological polar surface area (TPSA) is 43.4 Å². The Morgan fingerprint density at radius 2 is 1.90 bits per heavy atom. The summed E-state index contributed by atoms with van der Waals surface area (Å²) < 4.78 is 42.6.